The Morgan fingerprint density at radius 2 is 1.92 bits per heavy atom. The van der Waals surface area contributed by atoms with Crippen LogP contribution in [-0.4, -0.2) is 14.3 Å². The lowest BCUT2D eigenvalue weighted by Gasteiger charge is -2.16. The fourth-order valence-corrected chi connectivity index (χ4v) is 1.60. The maximum atomic E-state index is 5.71. The van der Waals surface area contributed by atoms with Gasteiger partial charge in [-0.3, -0.25) is 0 Å². The molecule has 0 fully saturated rings. The molecule has 0 unspecified atom stereocenters. The van der Waals surface area contributed by atoms with Crippen LogP contribution < -0.4 is 4.74 Å². The summed E-state index contributed by atoms with van der Waals surface area (Å²) >= 11 is 0. The molecule has 2 heteroatoms. The van der Waals surface area contributed by atoms with Gasteiger partial charge in [-0.05, 0) is 24.6 Å². The first-order valence-electron chi connectivity index (χ1n) is 4.67. The van der Waals surface area contributed by atoms with Crippen LogP contribution in [0.2, 0.25) is 19.6 Å². The molecule has 1 aromatic rings. The van der Waals surface area contributed by atoms with Crippen molar-refractivity contribution in [3.63, 3.8) is 0 Å². The van der Waals surface area contributed by atoms with E-state index >= 15 is 0 Å². The molecule has 1 nitrogen and oxygen atoms in total. The largest absolute Gasteiger partial charge is 0.497 e. The Labute approximate surface area is 81.8 Å². The summed E-state index contributed by atoms with van der Waals surface area (Å²) < 4.78 is 5.71. The third-order valence-electron chi connectivity index (χ3n) is 1.66. The third-order valence-corrected chi connectivity index (χ3v) is 2.67. The van der Waals surface area contributed by atoms with E-state index < -0.39 is 8.07 Å². The van der Waals surface area contributed by atoms with Gasteiger partial charge in [0.25, 0.3) is 0 Å². The monoisotopic (exact) mass is 194 g/mol. The lowest BCUT2D eigenvalue weighted by molar-refractivity contribution is 0.378. The Morgan fingerprint density at radius 3 is 2.46 bits per heavy atom. The SMILES string of the molecule is Cc1cccc(OC[Si](C)(C)C)c1. The molecule has 0 aliphatic heterocycles. The van der Waals surface area contributed by atoms with Gasteiger partial charge in [-0.2, -0.15) is 0 Å². The molecule has 1 rings (SSSR count). The van der Waals surface area contributed by atoms with Crippen molar-refractivity contribution in [2.75, 3.05) is 6.23 Å². The molecule has 72 valence electrons. The number of hydrogen-bond donors (Lipinski definition) is 0. The molecule has 0 aliphatic rings. The highest BCUT2D eigenvalue weighted by atomic mass is 28.3. The van der Waals surface area contributed by atoms with Gasteiger partial charge in [0.2, 0.25) is 0 Å². The fraction of sp³-hybridized carbons (Fsp3) is 0.455. The lowest BCUT2D eigenvalue weighted by Crippen LogP contribution is -2.29. The van der Waals surface area contributed by atoms with Crippen molar-refractivity contribution in [1.82, 2.24) is 0 Å². The van der Waals surface area contributed by atoms with E-state index in [2.05, 4.69) is 38.7 Å². The van der Waals surface area contributed by atoms with E-state index in [1.807, 2.05) is 12.1 Å². The second-order valence-corrected chi connectivity index (χ2v) is 10.1. The third kappa shape index (κ3) is 4.13. The van der Waals surface area contributed by atoms with Gasteiger partial charge in [-0.1, -0.05) is 31.8 Å². The van der Waals surface area contributed by atoms with E-state index in [-0.39, 0.29) is 0 Å². The van der Waals surface area contributed by atoms with E-state index in [1.54, 1.807) is 0 Å². The summed E-state index contributed by atoms with van der Waals surface area (Å²) in [6, 6.07) is 8.23. The van der Waals surface area contributed by atoms with Gasteiger partial charge in [-0.15, -0.1) is 0 Å². The summed E-state index contributed by atoms with van der Waals surface area (Å²) in [6.07, 6.45) is 0.899. The van der Waals surface area contributed by atoms with Crippen LogP contribution in [0.5, 0.6) is 5.75 Å². The fourth-order valence-electron chi connectivity index (χ4n) is 1.00. The first-order chi connectivity index (χ1) is 5.97. The smallest absolute Gasteiger partial charge is 0.119 e. The molecular weight excluding hydrogens is 176 g/mol. The van der Waals surface area contributed by atoms with Gasteiger partial charge >= 0.3 is 0 Å². The van der Waals surface area contributed by atoms with Gasteiger partial charge in [0, 0.05) is 0 Å². The van der Waals surface area contributed by atoms with E-state index in [0.717, 1.165) is 12.0 Å². The molecule has 0 aliphatic carbocycles. The molecule has 13 heavy (non-hydrogen) atoms. The van der Waals surface area contributed by atoms with Gasteiger partial charge in [0.1, 0.15) is 5.75 Å². The highest BCUT2D eigenvalue weighted by Crippen LogP contribution is 2.13. The normalized spacial score (nSPS) is 11.4. The quantitative estimate of drug-likeness (QED) is 0.671. The zero-order valence-electron chi connectivity index (χ0n) is 8.92. The number of ether oxygens (including phenoxy) is 1. The summed E-state index contributed by atoms with van der Waals surface area (Å²) in [7, 11) is -1.08. The van der Waals surface area contributed by atoms with Gasteiger partial charge in [-0.25, -0.2) is 0 Å². The van der Waals surface area contributed by atoms with Crippen LogP contribution in [0.25, 0.3) is 0 Å². The summed E-state index contributed by atoms with van der Waals surface area (Å²) in [5.74, 6) is 1.00. The average Bonchev–Trinajstić information content (AvgIpc) is 2.00. The van der Waals surface area contributed by atoms with Gasteiger partial charge in [0.05, 0.1) is 14.3 Å². The Bertz CT molecular complexity index is 276. The van der Waals surface area contributed by atoms with Crippen LogP contribution >= 0.6 is 0 Å². The molecule has 0 radical (unpaired) electrons. The molecule has 1 aromatic carbocycles. The number of rotatable bonds is 3. The zero-order chi connectivity index (χ0) is 9.90. The summed E-state index contributed by atoms with van der Waals surface area (Å²) in [6.45, 7) is 9.01. The molecule has 0 spiro atoms. The molecule has 0 atom stereocenters. The second kappa shape index (κ2) is 3.96. The second-order valence-electron chi connectivity index (χ2n) is 4.67. The highest BCUT2D eigenvalue weighted by Gasteiger charge is 2.13. The molecule has 0 amide bonds. The Kier molecular flexibility index (Phi) is 3.15. The van der Waals surface area contributed by atoms with Crippen LogP contribution in [0.3, 0.4) is 0 Å². The maximum Gasteiger partial charge on any atom is 0.119 e. The minimum atomic E-state index is -1.08. The Hall–Kier alpha value is -0.763. The van der Waals surface area contributed by atoms with Crippen molar-refractivity contribution >= 4 is 8.07 Å². The molecule has 0 saturated heterocycles. The summed E-state index contributed by atoms with van der Waals surface area (Å²) in [4.78, 5) is 0. The predicted octanol–water partition coefficient (Wildman–Crippen LogP) is 3.25. The van der Waals surface area contributed by atoms with E-state index in [0.29, 0.717) is 0 Å². The Morgan fingerprint density at radius 1 is 1.23 bits per heavy atom. The van der Waals surface area contributed by atoms with Crippen LogP contribution in [0.4, 0.5) is 0 Å². The van der Waals surface area contributed by atoms with Crippen molar-refractivity contribution in [2.45, 2.75) is 26.6 Å². The van der Waals surface area contributed by atoms with Crippen molar-refractivity contribution < 1.29 is 4.74 Å². The van der Waals surface area contributed by atoms with Crippen LogP contribution in [0.1, 0.15) is 5.56 Å². The molecule has 0 N–H and O–H groups in total. The molecule has 0 bridgehead atoms. The first-order valence-corrected chi connectivity index (χ1v) is 8.37. The summed E-state index contributed by atoms with van der Waals surface area (Å²) in [5.41, 5.74) is 1.26. The van der Waals surface area contributed by atoms with Gasteiger partial charge < -0.3 is 4.74 Å². The standard InChI is InChI=1S/C11H18OSi/c1-10-6-5-7-11(8-10)12-9-13(2,3)4/h5-8H,9H2,1-4H3. The van der Waals surface area contributed by atoms with Crippen molar-refractivity contribution in [3.8, 4) is 5.75 Å². The number of aryl methyl sites for hydroxylation is 1. The Balaban J connectivity index is 2.55. The minimum absolute atomic E-state index is 0.899. The van der Waals surface area contributed by atoms with Crippen LogP contribution in [0, 0.1) is 6.92 Å². The van der Waals surface area contributed by atoms with Gasteiger partial charge in [0.15, 0.2) is 0 Å². The van der Waals surface area contributed by atoms with E-state index in [1.165, 1.54) is 5.56 Å². The predicted molar refractivity (Wildman–Crippen MR) is 60.0 cm³/mol. The first kappa shape index (κ1) is 10.3. The van der Waals surface area contributed by atoms with E-state index in [9.17, 15) is 0 Å². The zero-order valence-corrected chi connectivity index (χ0v) is 9.92. The average molecular weight is 194 g/mol. The topological polar surface area (TPSA) is 9.23 Å². The molecule has 0 aromatic heterocycles. The van der Waals surface area contributed by atoms with Crippen molar-refractivity contribution in [1.29, 1.82) is 0 Å². The van der Waals surface area contributed by atoms with Crippen LogP contribution in [-0.2, 0) is 0 Å². The lowest BCUT2D eigenvalue weighted by atomic mass is 10.2. The van der Waals surface area contributed by atoms with Crippen LogP contribution in [0.15, 0.2) is 24.3 Å². The number of hydrogen-bond acceptors (Lipinski definition) is 1. The molecule has 0 saturated carbocycles. The minimum Gasteiger partial charge on any atom is -0.497 e. The van der Waals surface area contributed by atoms with Crippen molar-refractivity contribution in [3.05, 3.63) is 29.8 Å². The van der Waals surface area contributed by atoms with E-state index in [4.69, 9.17) is 4.74 Å². The van der Waals surface area contributed by atoms with Crippen molar-refractivity contribution in [2.24, 2.45) is 0 Å². The number of benzene rings is 1. The maximum absolute atomic E-state index is 5.71. The molecular formula is C11H18OSi. The molecule has 0 heterocycles. The summed E-state index contributed by atoms with van der Waals surface area (Å²) in [5, 5.41) is 0. The highest BCUT2D eigenvalue weighted by molar-refractivity contribution is 6.76.